The van der Waals surface area contributed by atoms with Gasteiger partial charge in [-0.05, 0) is 37.6 Å². The molecule has 0 heterocycles. The van der Waals surface area contributed by atoms with Gasteiger partial charge in [-0.3, -0.25) is 0 Å². The summed E-state index contributed by atoms with van der Waals surface area (Å²) in [6.07, 6.45) is 0.991. The zero-order valence-corrected chi connectivity index (χ0v) is 12.3. The van der Waals surface area contributed by atoms with Gasteiger partial charge in [0.05, 0.1) is 6.61 Å². The summed E-state index contributed by atoms with van der Waals surface area (Å²) in [5.74, 6) is -0.533. The smallest absolute Gasteiger partial charge is 0.508 e. The number of rotatable bonds is 7. The van der Waals surface area contributed by atoms with E-state index in [4.69, 9.17) is 4.74 Å². The number of nitrogens with one attached hydrogen (secondary N) is 1. The number of likely N-dealkylation sites (N-methyl/N-ethyl adjacent to an activating group) is 1. The number of hydrogen-bond donors (Lipinski definition) is 2. The molecule has 0 bridgehead atoms. The molecule has 0 saturated carbocycles. The van der Waals surface area contributed by atoms with Crippen molar-refractivity contribution in [2.24, 2.45) is 0 Å². The van der Waals surface area contributed by atoms with Gasteiger partial charge in [0, 0.05) is 0 Å². The van der Waals surface area contributed by atoms with Gasteiger partial charge in [0.25, 0.3) is 0 Å². The van der Waals surface area contributed by atoms with Gasteiger partial charge in [-0.2, -0.15) is 0 Å². The summed E-state index contributed by atoms with van der Waals surface area (Å²) < 4.78 is 9.40. The van der Waals surface area contributed by atoms with Crippen molar-refractivity contribution in [3.05, 3.63) is 29.8 Å². The van der Waals surface area contributed by atoms with Crippen molar-refractivity contribution in [3.8, 4) is 5.75 Å². The minimum Gasteiger partial charge on any atom is -0.508 e. The van der Waals surface area contributed by atoms with Gasteiger partial charge in [-0.1, -0.05) is 25.5 Å². The summed E-state index contributed by atoms with van der Waals surface area (Å²) in [6.45, 7) is 2.21. The minimum atomic E-state index is -0.973. The van der Waals surface area contributed by atoms with E-state index in [2.05, 4.69) is 10.1 Å². The molecule has 0 radical (unpaired) electrons. The van der Waals surface area contributed by atoms with Gasteiger partial charge in [0.15, 0.2) is 0 Å². The lowest BCUT2D eigenvalue weighted by molar-refractivity contribution is -0.142. The van der Waals surface area contributed by atoms with Crippen molar-refractivity contribution in [2.75, 3.05) is 13.7 Å². The second kappa shape index (κ2) is 8.97. The molecule has 0 saturated heterocycles. The summed E-state index contributed by atoms with van der Waals surface area (Å²) in [7, 11) is 1.61. The Kier molecular flexibility index (Phi) is 7.25. The Bertz CT molecular complexity index is 458. The Morgan fingerprint density at radius 3 is 2.52 bits per heavy atom. The molecule has 1 aromatic rings. The van der Waals surface area contributed by atoms with Crippen molar-refractivity contribution in [3.63, 3.8) is 0 Å². The number of carbonyl (C=O) groups excluding carboxylic acids is 2. The Balaban J connectivity index is 2.49. The van der Waals surface area contributed by atoms with Crippen molar-refractivity contribution < 1.29 is 24.2 Å². The largest absolute Gasteiger partial charge is 0.516 e. The number of hydrogen-bond acceptors (Lipinski definition) is 6. The van der Waals surface area contributed by atoms with E-state index in [1.165, 1.54) is 12.1 Å². The Labute approximate surface area is 124 Å². The van der Waals surface area contributed by atoms with Gasteiger partial charge in [0.2, 0.25) is 0 Å². The maximum Gasteiger partial charge on any atom is 0.516 e. The third kappa shape index (κ3) is 6.27. The maximum atomic E-state index is 11.9. The predicted molar refractivity (Wildman–Crippen MR) is 77.0 cm³/mol. The second-order valence-electron chi connectivity index (χ2n) is 4.58. The van der Waals surface area contributed by atoms with Crippen LogP contribution < -0.4 is 5.32 Å². The van der Waals surface area contributed by atoms with Crippen molar-refractivity contribution in [1.82, 2.24) is 5.32 Å². The summed E-state index contributed by atoms with van der Waals surface area (Å²) in [6, 6.07) is 5.81. The zero-order chi connectivity index (χ0) is 15.7. The number of esters is 1. The lowest BCUT2D eigenvalue weighted by Gasteiger charge is -2.14. The van der Waals surface area contributed by atoms with Crippen LogP contribution in [-0.4, -0.2) is 36.9 Å². The highest BCUT2D eigenvalue weighted by Gasteiger charge is 2.22. The molecule has 0 aliphatic heterocycles. The first-order chi connectivity index (χ1) is 10.1. The molecule has 0 aliphatic carbocycles. The fraction of sp³-hybridized carbons (Fsp3) is 0.467. The zero-order valence-electron chi connectivity index (χ0n) is 12.3. The quantitative estimate of drug-likeness (QED) is 0.455. The number of carbonyl (C=O) groups is 2. The maximum absolute atomic E-state index is 11.9. The van der Waals surface area contributed by atoms with Crippen LogP contribution in [0.2, 0.25) is 0 Å². The van der Waals surface area contributed by atoms with Crippen LogP contribution in [0.1, 0.15) is 25.3 Å². The van der Waals surface area contributed by atoms with Gasteiger partial charge >= 0.3 is 12.1 Å². The van der Waals surface area contributed by atoms with Gasteiger partial charge in [0.1, 0.15) is 11.8 Å². The second-order valence-corrected chi connectivity index (χ2v) is 4.58. The molecule has 6 heteroatoms. The number of unbranched alkanes of at least 4 members (excludes halogenated alkanes) is 1. The van der Waals surface area contributed by atoms with E-state index in [1.54, 1.807) is 19.2 Å². The standard InChI is InChI=1S/C15H21NO5/c1-3-4-9-20-15(19)21-14(18)13(16-2)10-11-5-7-12(17)8-6-11/h5-8,13,16-17H,3-4,9-10H2,1-2H3/t13-/m0/s1. The normalized spacial score (nSPS) is 11.7. The number of phenolic OH excluding ortho intramolecular Hbond substituents is 1. The van der Waals surface area contributed by atoms with Crippen LogP contribution in [0.25, 0.3) is 0 Å². The van der Waals surface area contributed by atoms with Crippen LogP contribution in [-0.2, 0) is 20.7 Å². The van der Waals surface area contributed by atoms with Crippen molar-refractivity contribution in [1.29, 1.82) is 0 Å². The summed E-state index contributed by atoms with van der Waals surface area (Å²) in [4.78, 5) is 23.2. The first-order valence-corrected chi connectivity index (χ1v) is 6.90. The molecule has 21 heavy (non-hydrogen) atoms. The average molecular weight is 295 g/mol. The minimum absolute atomic E-state index is 0.154. The average Bonchev–Trinajstić information content (AvgIpc) is 2.46. The Morgan fingerprint density at radius 1 is 1.29 bits per heavy atom. The number of ether oxygens (including phenoxy) is 2. The molecule has 116 valence electrons. The molecule has 2 N–H and O–H groups in total. The predicted octanol–water partition coefficient (Wildman–Crippen LogP) is 2.00. The van der Waals surface area contributed by atoms with Gasteiger partial charge < -0.3 is 19.9 Å². The number of aromatic hydroxyl groups is 1. The molecule has 0 amide bonds. The van der Waals surface area contributed by atoms with Gasteiger partial charge in [-0.15, -0.1) is 0 Å². The molecule has 1 aromatic carbocycles. The third-order valence-electron chi connectivity index (χ3n) is 2.91. The topological polar surface area (TPSA) is 84.9 Å². The Morgan fingerprint density at radius 2 is 1.95 bits per heavy atom. The van der Waals surface area contributed by atoms with Crippen LogP contribution in [0, 0.1) is 0 Å². The molecule has 1 rings (SSSR count). The molecule has 0 aromatic heterocycles. The van der Waals surface area contributed by atoms with Crippen molar-refractivity contribution in [2.45, 2.75) is 32.2 Å². The summed E-state index contributed by atoms with van der Waals surface area (Å²) >= 11 is 0. The van der Waals surface area contributed by atoms with Crippen LogP contribution >= 0.6 is 0 Å². The monoisotopic (exact) mass is 295 g/mol. The molecule has 6 nitrogen and oxygen atoms in total. The van der Waals surface area contributed by atoms with Crippen LogP contribution in [0.15, 0.2) is 24.3 Å². The molecular weight excluding hydrogens is 274 g/mol. The number of benzene rings is 1. The van der Waals surface area contributed by atoms with E-state index >= 15 is 0 Å². The lowest BCUT2D eigenvalue weighted by atomic mass is 10.1. The highest BCUT2D eigenvalue weighted by atomic mass is 16.7. The van der Waals surface area contributed by atoms with Crippen LogP contribution in [0.3, 0.4) is 0 Å². The van der Waals surface area contributed by atoms with Crippen molar-refractivity contribution >= 4 is 12.1 Å². The number of phenols is 1. The fourth-order valence-electron chi connectivity index (χ4n) is 1.65. The molecule has 0 unspecified atom stereocenters. The summed E-state index contributed by atoms with van der Waals surface area (Å²) in [5, 5.41) is 12.0. The van der Waals surface area contributed by atoms with E-state index in [0.29, 0.717) is 6.42 Å². The first-order valence-electron chi connectivity index (χ1n) is 6.90. The molecule has 0 aliphatic rings. The van der Waals surface area contributed by atoms with Crippen LogP contribution in [0.4, 0.5) is 4.79 Å². The summed E-state index contributed by atoms with van der Waals surface area (Å²) in [5.41, 5.74) is 0.837. The molecule has 1 atom stereocenters. The van der Waals surface area contributed by atoms with E-state index in [-0.39, 0.29) is 12.4 Å². The molecular formula is C15H21NO5. The van der Waals surface area contributed by atoms with Gasteiger partial charge in [-0.25, -0.2) is 9.59 Å². The van der Waals surface area contributed by atoms with E-state index in [1.807, 2.05) is 6.92 Å². The molecule has 0 spiro atoms. The molecule has 0 fully saturated rings. The van der Waals surface area contributed by atoms with E-state index in [9.17, 15) is 14.7 Å². The lowest BCUT2D eigenvalue weighted by Crippen LogP contribution is -2.38. The SMILES string of the molecule is CCCCOC(=O)OC(=O)[C@H](Cc1ccc(O)cc1)NC. The van der Waals surface area contributed by atoms with Crippen LogP contribution in [0.5, 0.6) is 5.75 Å². The highest BCUT2D eigenvalue weighted by Crippen LogP contribution is 2.11. The van der Waals surface area contributed by atoms with E-state index in [0.717, 1.165) is 18.4 Å². The highest BCUT2D eigenvalue weighted by molar-refractivity contribution is 5.85. The third-order valence-corrected chi connectivity index (χ3v) is 2.91. The first kappa shape index (κ1) is 17.0. The fourth-order valence-corrected chi connectivity index (χ4v) is 1.65. The van der Waals surface area contributed by atoms with E-state index < -0.39 is 18.2 Å². The Hall–Kier alpha value is -2.08.